The molecule has 2 nitrogen and oxygen atoms in total. The van der Waals surface area contributed by atoms with Gasteiger partial charge in [-0.25, -0.2) is 4.39 Å². The van der Waals surface area contributed by atoms with Gasteiger partial charge < -0.3 is 4.52 Å². The van der Waals surface area contributed by atoms with Crippen molar-refractivity contribution >= 4 is 24.2 Å². The van der Waals surface area contributed by atoms with Crippen LogP contribution >= 0.6 is 24.2 Å². The van der Waals surface area contributed by atoms with E-state index in [4.69, 9.17) is 16.1 Å². The molecule has 0 unspecified atom stereocenters. The summed E-state index contributed by atoms with van der Waals surface area (Å²) < 4.78 is 17.8. The van der Waals surface area contributed by atoms with E-state index in [1.54, 1.807) is 12.1 Å². The monoisotopic (exact) mass is 243 g/mol. The van der Waals surface area contributed by atoms with E-state index in [0.717, 1.165) is 0 Å². The zero-order valence-electron chi connectivity index (χ0n) is 7.58. The van der Waals surface area contributed by atoms with Crippen molar-refractivity contribution in [3.05, 3.63) is 40.8 Å². The van der Waals surface area contributed by atoms with Crippen LogP contribution in [-0.4, -0.2) is 5.16 Å². The summed E-state index contributed by atoms with van der Waals surface area (Å²) in [5, 5.41) is 4.07. The Labute approximate surface area is 96.4 Å². The molecule has 0 saturated heterocycles. The molecule has 15 heavy (non-hydrogen) atoms. The van der Waals surface area contributed by atoms with Gasteiger partial charge in [0, 0.05) is 17.4 Å². The Morgan fingerprint density at radius 1 is 1.40 bits per heavy atom. The Morgan fingerprint density at radius 2 is 2.20 bits per heavy atom. The van der Waals surface area contributed by atoms with Crippen molar-refractivity contribution in [3.63, 3.8) is 0 Å². The van der Waals surface area contributed by atoms with Crippen LogP contribution in [0.25, 0.3) is 11.3 Å². The van der Waals surface area contributed by atoms with Crippen LogP contribution in [0, 0.1) is 5.82 Å². The first kappa shape index (κ1) is 10.5. The van der Waals surface area contributed by atoms with Crippen molar-refractivity contribution in [2.75, 3.05) is 0 Å². The molecule has 2 rings (SSSR count). The minimum Gasteiger partial charge on any atom is -0.356 e. The van der Waals surface area contributed by atoms with Gasteiger partial charge in [-0.05, 0) is 18.2 Å². The van der Waals surface area contributed by atoms with Crippen LogP contribution < -0.4 is 0 Å². The maximum absolute atomic E-state index is 12.8. The molecule has 78 valence electrons. The largest absolute Gasteiger partial charge is 0.356 e. The summed E-state index contributed by atoms with van der Waals surface area (Å²) in [4.78, 5) is 0. The summed E-state index contributed by atoms with van der Waals surface area (Å²) in [6, 6.07) is 5.84. The molecule has 0 bridgehead atoms. The standard InChI is InChI=1S/C10H7ClFNOS/c11-9-3-6(12)1-2-8(9)10-4-7(5-15)13-14-10/h1-4,15H,5H2. The molecule has 0 fully saturated rings. The van der Waals surface area contributed by atoms with Gasteiger partial charge in [0.15, 0.2) is 5.76 Å². The van der Waals surface area contributed by atoms with Crippen LogP contribution in [0.1, 0.15) is 5.69 Å². The topological polar surface area (TPSA) is 26.0 Å². The predicted octanol–water partition coefficient (Wildman–Crippen LogP) is 3.56. The Bertz CT molecular complexity index is 486. The van der Waals surface area contributed by atoms with Crippen LogP contribution in [0.4, 0.5) is 4.39 Å². The summed E-state index contributed by atoms with van der Waals surface area (Å²) in [5.41, 5.74) is 1.34. The lowest BCUT2D eigenvalue weighted by Crippen LogP contribution is -1.79. The Balaban J connectivity index is 2.44. The fourth-order valence-electron chi connectivity index (χ4n) is 1.20. The lowest BCUT2D eigenvalue weighted by molar-refractivity contribution is 0.426. The van der Waals surface area contributed by atoms with Crippen molar-refractivity contribution in [1.29, 1.82) is 0 Å². The maximum atomic E-state index is 12.8. The molecular formula is C10H7ClFNOS. The molecule has 0 spiro atoms. The highest BCUT2D eigenvalue weighted by atomic mass is 35.5. The van der Waals surface area contributed by atoms with E-state index >= 15 is 0 Å². The van der Waals surface area contributed by atoms with Crippen LogP contribution in [0.5, 0.6) is 0 Å². The van der Waals surface area contributed by atoms with Gasteiger partial charge in [0.05, 0.1) is 10.7 Å². The van der Waals surface area contributed by atoms with E-state index in [0.29, 0.717) is 27.8 Å². The van der Waals surface area contributed by atoms with Crippen molar-refractivity contribution in [2.45, 2.75) is 5.75 Å². The van der Waals surface area contributed by atoms with Gasteiger partial charge in [-0.1, -0.05) is 16.8 Å². The highest BCUT2D eigenvalue weighted by Crippen LogP contribution is 2.29. The second kappa shape index (κ2) is 4.24. The van der Waals surface area contributed by atoms with Crippen molar-refractivity contribution in [1.82, 2.24) is 5.16 Å². The minimum atomic E-state index is -0.377. The molecular weight excluding hydrogens is 237 g/mol. The van der Waals surface area contributed by atoms with E-state index in [1.807, 2.05) is 0 Å². The summed E-state index contributed by atoms with van der Waals surface area (Å²) >= 11 is 9.93. The van der Waals surface area contributed by atoms with Gasteiger partial charge in [-0.3, -0.25) is 0 Å². The first-order valence-corrected chi connectivity index (χ1v) is 5.23. The van der Waals surface area contributed by atoms with Gasteiger partial charge >= 0.3 is 0 Å². The lowest BCUT2D eigenvalue weighted by atomic mass is 10.1. The zero-order chi connectivity index (χ0) is 10.8. The first-order chi connectivity index (χ1) is 7.20. The third-order valence-electron chi connectivity index (χ3n) is 1.92. The molecule has 1 aromatic carbocycles. The molecule has 0 amide bonds. The van der Waals surface area contributed by atoms with Crippen LogP contribution in [0.2, 0.25) is 5.02 Å². The first-order valence-electron chi connectivity index (χ1n) is 4.22. The molecule has 0 radical (unpaired) electrons. The average molecular weight is 244 g/mol. The quantitative estimate of drug-likeness (QED) is 0.817. The Kier molecular flexibility index (Phi) is 2.98. The number of aromatic nitrogens is 1. The molecule has 0 N–H and O–H groups in total. The summed E-state index contributed by atoms with van der Waals surface area (Å²) in [7, 11) is 0. The molecule has 0 aliphatic carbocycles. The van der Waals surface area contributed by atoms with Gasteiger partial charge in [-0.15, -0.1) is 0 Å². The molecule has 0 atom stereocenters. The number of thiol groups is 1. The molecule has 2 aromatic rings. The molecule has 0 aliphatic heterocycles. The van der Waals surface area contributed by atoms with Crippen molar-refractivity contribution < 1.29 is 8.91 Å². The molecule has 1 aromatic heterocycles. The van der Waals surface area contributed by atoms with E-state index < -0.39 is 0 Å². The number of nitrogens with zero attached hydrogens (tertiary/aromatic N) is 1. The number of halogens is 2. The van der Waals surface area contributed by atoms with E-state index in [2.05, 4.69) is 17.8 Å². The van der Waals surface area contributed by atoms with Crippen molar-refractivity contribution in [2.24, 2.45) is 0 Å². The highest BCUT2D eigenvalue weighted by Gasteiger charge is 2.10. The highest BCUT2D eigenvalue weighted by molar-refractivity contribution is 7.79. The van der Waals surface area contributed by atoms with Crippen LogP contribution in [0.15, 0.2) is 28.8 Å². The van der Waals surface area contributed by atoms with Gasteiger partial charge in [0.2, 0.25) is 0 Å². The van der Waals surface area contributed by atoms with Gasteiger partial charge in [0.1, 0.15) is 5.82 Å². The van der Waals surface area contributed by atoms with Gasteiger partial charge in [-0.2, -0.15) is 12.6 Å². The fourth-order valence-corrected chi connectivity index (χ4v) is 1.61. The third kappa shape index (κ3) is 2.16. The van der Waals surface area contributed by atoms with E-state index in [-0.39, 0.29) is 5.82 Å². The normalized spacial score (nSPS) is 10.6. The zero-order valence-corrected chi connectivity index (χ0v) is 9.23. The second-order valence-electron chi connectivity index (χ2n) is 2.96. The number of hydrogen-bond donors (Lipinski definition) is 1. The lowest BCUT2D eigenvalue weighted by Gasteiger charge is -1.98. The van der Waals surface area contributed by atoms with E-state index in [9.17, 15) is 4.39 Å². The summed E-state index contributed by atoms with van der Waals surface area (Å²) in [6.07, 6.45) is 0. The van der Waals surface area contributed by atoms with Gasteiger partial charge in [0.25, 0.3) is 0 Å². The van der Waals surface area contributed by atoms with Crippen LogP contribution in [-0.2, 0) is 5.75 Å². The SMILES string of the molecule is Fc1ccc(-c2cc(CS)no2)c(Cl)c1. The Hall–Kier alpha value is -1.00. The predicted molar refractivity (Wildman–Crippen MR) is 59.6 cm³/mol. The average Bonchev–Trinajstić information content (AvgIpc) is 2.66. The molecule has 5 heteroatoms. The fraction of sp³-hybridized carbons (Fsp3) is 0.100. The minimum absolute atomic E-state index is 0.303. The maximum Gasteiger partial charge on any atom is 0.168 e. The van der Waals surface area contributed by atoms with Crippen LogP contribution in [0.3, 0.4) is 0 Å². The summed E-state index contributed by atoms with van der Waals surface area (Å²) in [5.74, 6) is 0.629. The molecule has 1 heterocycles. The summed E-state index contributed by atoms with van der Waals surface area (Å²) in [6.45, 7) is 0. The third-order valence-corrected chi connectivity index (χ3v) is 2.55. The smallest absolute Gasteiger partial charge is 0.168 e. The van der Waals surface area contributed by atoms with E-state index in [1.165, 1.54) is 12.1 Å². The number of rotatable bonds is 2. The number of hydrogen-bond acceptors (Lipinski definition) is 3. The molecule has 0 saturated carbocycles. The number of benzene rings is 1. The second-order valence-corrected chi connectivity index (χ2v) is 3.69. The molecule has 0 aliphatic rings. The van der Waals surface area contributed by atoms with Crippen molar-refractivity contribution in [3.8, 4) is 11.3 Å². The Morgan fingerprint density at radius 3 is 2.80 bits per heavy atom.